The van der Waals surface area contributed by atoms with Crippen LogP contribution in [0.3, 0.4) is 0 Å². The van der Waals surface area contributed by atoms with E-state index >= 15 is 0 Å². The number of carbonyl (C=O) groups excluding carboxylic acids is 1. The highest BCUT2D eigenvalue weighted by Crippen LogP contribution is 2.46. The molecule has 1 aromatic carbocycles. The second kappa shape index (κ2) is 13.0. The number of aliphatic hydroxyl groups excluding tert-OH is 1. The van der Waals surface area contributed by atoms with Crippen LogP contribution in [0.2, 0.25) is 0 Å². The number of ether oxygens (including phenoxy) is 1. The zero-order chi connectivity index (χ0) is 29.9. The Hall–Kier alpha value is -3.19. The number of rotatable bonds is 10. The molecular formula is C35H48N4O3. The van der Waals surface area contributed by atoms with Crippen LogP contribution in [-0.4, -0.2) is 44.2 Å². The maximum Gasteiger partial charge on any atom is 0.338 e. The summed E-state index contributed by atoms with van der Waals surface area (Å²) in [6.07, 6.45) is 9.98. The number of aliphatic hydroxyl groups is 1. The molecule has 1 unspecified atom stereocenters. The monoisotopic (exact) mass is 572 g/mol. The Kier molecular flexibility index (Phi) is 9.36. The third-order valence-electron chi connectivity index (χ3n) is 9.70. The number of carbonyl (C=O) groups is 1. The Morgan fingerprint density at radius 3 is 2.57 bits per heavy atom. The first-order chi connectivity index (χ1) is 20.2. The minimum Gasteiger partial charge on any atom is -0.512 e. The number of cyclic esters (lactones) is 1. The van der Waals surface area contributed by atoms with Crippen molar-refractivity contribution in [3.05, 3.63) is 81.6 Å². The summed E-state index contributed by atoms with van der Waals surface area (Å²) >= 11 is 0. The first kappa shape index (κ1) is 30.3. The van der Waals surface area contributed by atoms with Gasteiger partial charge in [-0.25, -0.2) is 14.8 Å². The zero-order valence-corrected chi connectivity index (χ0v) is 26.0. The molecule has 0 spiro atoms. The molecule has 7 heteroatoms. The van der Waals surface area contributed by atoms with Crippen molar-refractivity contribution in [3.63, 3.8) is 0 Å². The molecule has 1 saturated carbocycles. The number of benzene rings is 1. The zero-order valence-electron chi connectivity index (χ0n) is 26.0. The van der Waals surface area contributed by atoms with Crippen molar-refractivity contribution in [1.29, 1.82) is 0 Å². The van der Waals surface area contributed by atoms with Gasteiger partial charge in [0.25, 0.3) is 0 Å². The number of allylic oxidation sites excluding steroid dienone is 1. The molecule has 2 fully saturated rings. The van der Waals surface area contributed by atoms with Gasteiger partial charge in [-0.3, -0.25) is 4.90 Å². The largest absolute Gasteiger partial charge is 0.512 e. The third kappa shape index (κ3) is 6.72. The van der Waals surface area contributed by atoms with Gasteiger partial charge in [0.2, 0.25) is 5.62 Å². The molecule has 1 N–H and O–H groups in total. The highest BCUT2D eigenvalue weighted by Gasteiger charge is 2.48. The molecule has 3 aliphatic rings. The lowest BCUT2D eigenvalue weighted by Crippen LogP contribution is -2.46. The minimum absolute atomic E-state index is 0.127. The van der Waals surface area contributed by atoms with Crippen LogP contribution >= 0.6 is 0 Å². The molecule has 1 atom stereocenters. The Morgan fingerprint density at radius 1 is 1.14 bits per heavy atom. The van der Waals surface area contributed by atoms with Crippen LogP contribution < -0.4 is 5.62 Å². The van der Waals surface area contributed by atoms with E-state index in [9.17, 15) is 9.90 Å². The summed E-state index contributed by atoms with van der Waals surface area (Å²) in [6.45, 7) is 13.7. The molecule has 0 bridgehead atoms. The summed E-state index contributed by atoms with van der Waals surface area (Å²) in [4.78, 5) is 25.2. The van der Waals surface area contributed by atoms with Crippen LogP contribution in [0.1, 0.15) is 92.8 Å². The molecule has 5 rings (SSSR count). The number of nitrogens with zero attached hydrogens (tertiary/aromatic N) is 4. The van der Waals surface area contributed by atoms with Gasteiger partial charge in [-0.2, -0.15) is 0 Å². The van der Waals surface area contributed by atoms with Crippen molar-refractivity contribution in [3.8, 4) is 0 Å². The van der Waals surface area contributed by atoms with Crippen LogP contribution in [0.15, 0.2) is 52.9 Å². The number of likely N-dealkylation sites (tertiary alicyclic amines) is 1. The van der Waals surface area contributed by atoms with Crippen molar-refractivity contribution in [2.24, 2.45) is 18.0 Å². The number of aromatic nitrogens is 2. The average Bonchev–Trinajstić information content (AvgIpc) is 3.68. The van der Waals surface area contributed by atoms with E-state index in [0.29, 0.717) is 24.2 Å². The Bertz CT molecular complexity index is 1430. The Morgan fingerprint density at radius 2 is 1.88 bits per heavy atom. The van der Waals surface area contributed by atoms with Crippen molar-refractivity contribution >= 4 is 5.97 Å². The molecule has 2 aromatic rings. The molecule has 1 aliphatic carbocycles. The van der Waals surface area contributed by atoms with Gasteiger partial charge in [0.05, 0.1) is 5.57 Å². The lowest BCUT2D eigenvalue weighted by atomic mass is 9.76. The summed E-state index contributed by atoms with van der Waals surface area (Å²) < 4.78 is 8.27. The molecule has 42 heavy (non-hydrogen) atoms. The number of hydrogen-bond acceptors (Lipinski definition) is 6. The molecule has 0 radical (unpaired) electrons. The van der Waals surface area contributed by atoms with Gasteiger partial charge in [-0.15, -0.1) is 0 Å². The second-order valence-corrected chi connectivity index (χ2v) is 12.7. The molecule has 1 aromatic heterocycles. The maximum atomic E-state index is 13.5. The molecule has 1 saturated heterocycles. The van der Waals surface area contributed by atoms with E-state index in [1.165, 1.54) is 42.6 Å². The fourth-order valence-electron chi connectivity index (χ4n) is 7.15. The highest BCUT2D eigenvalue weighted by molar-refractivity contribution is 5.90. The van der Waals surface area contributed by atoms with E-state index in [2.05, 4.69) is 46.6 Å². The summed E-state index contributed by atoms with van der Waals surface area (Å²) in [6, 6.07) is 8.90. The average molecular weight is 573 g/mol. The summed E-state index contributed by atoms with van der Waals surface area (Å²) in [5.74, 6) is -0.0472. The van der Waals surface area contributed by atoms with Gasteiger partial charge in [0.1, 0.15) is 11.4 Å². The molecule has 3 heterocycles. The predicted octanol–water partition coefficient (Wildman–Crippen LogP) is 6.32. The lowest BCUT2D eigenvalue weighted by molar-refractivity contribution is -0.167. The van der Waals surface area contributed by atoms with Crippen LogP contribution in [0, 0.1) is 19.8 Å². The van der Waals surface area contributed by atoms with Crippen LogP contribution in [0.4, 0.5) is 0 Å². The lowest BCUT2D eigenvalue weighted by Gasteiger charge is -2.42. The van der Waals surface area contributed by atoms with Crippen LogP contribution in [-0.2, 0) is 36.0 Å². The third-order valence-corrected chi connectivity index (χ3v) is 9.70. The molecule has 7 nitrogen and oxygen atoms in total. The Labute approximate surface area is 251 Å². The quantitative estimate of drug-likeness (QED) is 0.337. The van der Waals surface area contributed by atoms with E-state index in [4.69, 9.17) is 4.74 Å². The smallest absolute Gasteiger partial charge is 0.338 e. The molecule has 2 aliphatic heterocycles. The number of esters is 1. The van der Waals surface area contributed by atoms with E-state index in [0.717, 1.165) is 56.5 Å². The summed E-state index contributed by atoms with van der Waals surface area (Å²) in [7, 11) is 1.90. The van der Waals surface area contributed by atoms with E-state index in [1.54, 1.807) is 0 Å². The highest BCUT2D eigenvalue weighted by atomic mass is 16.6. The van der Waals surface area contributed by atoms with Crippen molar-refractivity contribution < 1.29 is 14.6 Å². The number of aryl methyl sites for hydroxylation is 4. The fourth-order valence-corrected chi connectivity index (χ4v) is 7.15. The number of hydrogen-bond donors (Lipinski definition) is 1. The van der Waals surface area contributed by atoms with Gasteiger partial charge in [-0.1, -0.05) is 44.5 Å². The van der Waals surface area contributed by atoms with Gasteiger partial charge in [0.15, 0.2) is 0 Å². The first-order valence-corrected chi connectivity index (χ1v) is 15.9. The standard InChI is InChI=1S/C35H48N4O3/c1-6-28-21-27(13-14-29(28)23-39-17-9-10-18-39)15-16-35(30-11-7-8-12-30)22-32(40)31(33(41)42-35)20-25(3)37-34-36-24(2)19-26(4)38(34)5/h13-14,19,21,30,40H,3,6-12,15-18,20,22-23H2,1-2,4-5H3. The normalized spacial score (nSPS) is 22.3. The Balaban J connectivity index is 1.33. The molecule has 0 amide bonds. The van der Waals surface area contributed by atoms with Crippen molar-refractivity contribution in [2.75, 3.05) is 13.1 Å². The summed E-state index contributed by atoms with van der Waals surface area (Å²) in [5, 5.41) is 11.3. The summed E-state index contributed by atoms with van der Waals surface area (Å²) in [5.41, 5.74) is 6.60. The van der Waals surface area contributed by atoms with Crippen LogP contribution in [0.25, 0.3) is 0 Å². The topological polar surface area (TPSA) is 80.0 Å². The minimum atomic E-state index is -0.679. The fraction of sp³-hybridized carbons (Fsp3) is 0.571. The van der Waals surface area contributed by atoms with E-state index in [1.807, 2.05) is 31.5 Å². The maximum absolute atomic E-state index is 13.5. The van der Waals surface area contributed by atoms with E-state index in [-0.39, 0.29) is 23.7 Å². The van der Waals surface area contributed by atoms with Crippen molar-refractivity contribution in [2.45, 2.75) is 104 Å². The van der Waals surface area contributed by atoms with Gasteiger partial charge in [-0.05, 0) is 101 Å². The van der Waals surface area contributed by atoms with E-state index < -0.39 is 11.6 Å². The van der Waals surface area contributed by atoms with Crippen LogP contribution in [0.5, 0.6) is 0 Å². The van der Waals surface area contributed by atoms with Gasteiger partial charge >= 0.3 is 5.97 Å². The second-order valence-electron chi connectivity index (χ2n) is 12.7. The van der Waals surface area contributed by atoms with Crippen molar-refractivity contribution in [1.82, 2.24) is 14.5 Å². The predicted molar refractivity (Wildman–Crippen MR) is 166 cm³/mol. The first-order valence-electron chi connectivity index (χ1n) is 15.9. The van der Waals surface area contributed by atoms with Gasteiger partial charge < -0.3 is 14.4 Å². The molecular weight excluding hydrogens is 524 g/mol. The molecule has 226 valence electrons. The SMILES string of the molecule is C=C(CC1=C(O)CC(CCc2ccc(CN3CCCC3)c(CC)c2)(C2CCCC2)OC1=O)N=c1nc(C)cc(C)n1C. The van der Waals surface area contributed by atoms with Gasteiger partial charge in [0, 0.05) is 43.5 Å².